The maximum absolute atomic E-state index is 13.6. The van der Waals surface area contributed by atoms with Gasteiger partial charge in [0.15, 0.2) is 0 Å². The average molecular weight is 405 g/mol. The van der Waals surface area contributed by atoms with Crippen molar-refractivity contribution in [1.29, 1.82) is 0 Å². The fraction of sp³-hybridized carbons (Fsp3) is 0.440. The average Bonchev–Trinajstić information content (AvgIpc) is 3.43. The Labute approximate surface area is 177 Å². The van der Waals surface area contributed by atoms with Gasteiger partial charge in [-0.05, 0) is 42.2 Å². The van der Waals surface area contributed by atoms with E-state index in [1.807, 2.05) is 36.4 Å². The number of nitrogens with zero attached hydrogens (tertiary/aromatic N) is 2. The molecule has 5 nitrogen and oxygen atoms in total. The highest BCUT2D eigenvalue weighted by Crippen LogP contribution is 2.45. The van der Waals surface area contributed by atoms with Crippen molar-refractivity contribution in [3.8, 4) is 0 Å². The van der Waals surface area contributed by atoms with Crippen molar-refractivity contribution >= 4 is 12.0 Å². The number of carbonyl (C=O) groups excluding carboxylic acids is 2. The molecule has 5 rings (SSSR count). The largest absolute Gasteiger partial charge is 0.447 e. The first-order valence-electron chi connectivity index (χ1n) is 11.0. The van der Waals surface area contributed by atoms with E-state index < -0.39 is 6.09 Å². The minimum absolute atomic E-state index is 0.0362. The summed E-state index contributed by atoms with van der Waals surface area (Å²) in [6.07, 6.45) is 2.57. The third-order valence-electron chi connectivity index (χ3n) is 6.75. The molecule has 0 unspecified atom stereocenters. The Bertz CT molecular complexity index is 897. The lowest BCUT2D eigenvalue weighted by Crippen LogP contribution is -2.45. The molecule has 3 aliphatic rings. The van der Waals surface area contributed by atoms with Gasteiger partial charge in [0.2, 0.25) is 5.91 Å². The topological polar surface area (TPSA) is 49.9 Å². The monoisotopic (exact) mass is 404 g/mol. The van der Waals surface area contributed by atoms with E-state index in [0.29, 0.717) is 18.3 Å². The summed E-state index contributed by atoms with van der Waals surface area (Å²) in [5.74, 6) is 0.800. The fourth-order valence-electron chi connectivity index (χ4n) is 5.09. The number of carbonyl (C=O) groups is 2. The van der Waals surface area contributed by atoms with Gasteiger partial charge in [0.1, 0.15) is 6.61 Å². The lowest BCUT2D eigenvalue weighted by molar-refractivity contribution is -0.134. The molecule has 0 radical (unpaired) electrons. The van der Waals surface area contributed by atoms with Gasteiger partial charge in [-0.25, -0.2) is 9.69 Å². The van der Waals surface area contributed by atoms with Gasteiger partial charge in [0, 0.05) is 19.6 Å². The molecule has 1 saturated carbocycles. The molecule has 2 aliphatic heterocycles. The molecular weight excluding hydrogens is 376 g/mol. The van der Waals surface area contributed by atoms with Crippen molar-refractivity contribution in [2.45, 2.75) is 31.8 Å². The maximum atomic E-state index is 13.6. The predicted octanol–water partition coefficient (Wildman–Crippen LogP) is 3.73. The van der Waals surface area contributed by atoms with Crippen LogP contribution in [0, 0.1) is 17.8 Å². The fourth-order valence-corrected chi connectivity index (χ4v) is 5.09. The van der Waals surface area contributed by atoms with Crippen LogP contribution in [-0.4, -0.2) is 47.5 Å². The Morgan fingerprint density at radius 1 is 0.933 bits per heavy atom. The molecule has 2 heterocycles. The molecular formula is C25H28N2O3. The minimum Gasteiger partial charge on any atom is -0.447 e. The van der Waals surface area contributed by atoms with Crippen LogP contribution < -0.4 is 0 Å². The molecule has 0 spiro atoms. The van der Waals surface area contributed by atoms with Crippen LogP contribution in [-0.2, 0) is 22.5 Å². The molecule has 5 heteroatoms. The lowest BCUT2D eigenvalue weighted by atomic mass is 9.90. The van der Waals surface area contributed by atoms with E-state index in [4.69, 9.17) is 4.74 Å². The molecule has 30 heavy (non-hydrogen) atoms. The number of ether oxygens (including phenoxy) is 1. The normalized spacial score (nSPS) is 26.7. The van der Waals surface area contributed by atoms with Gasteiger partial charge < -0.3 is 4.74 Å². The van der Waals surface area contributed by atoms with Crippen LogP contribution in [0.4, 0.5) is 4.79 Å². The number of cyclic esters (lactones) is 1. The number of imide groups is 1. The molecule has 1 aliphatic carbocycles. The van der Waals surface area contributed by atoms with Crippen LogP contribution in [0.5, 0.6) is 0 Å². The van der Waals surface area contributed by atoms with E-state index in [1.165, 1.54) is 23.3 Å². The second kappa shape index (κ2) is 8.23. The number of benzene rings is 2. The van der Waals surface area contributed by atoms with Crippen molar-refractivity contribution in [3.05, 3.63) is 71.8 Å². The van der Waals surface area contributed by atoms with Crippen molar-refractivity contribution < 1.29 is 14.3 Å². The van der Waals surface area contributed by atoms with Crippen molar-refractivity contribution in [3.63, 3.8) is 0 Å². The summed E-state index contributed by atoms with van der Waals surface area (Å²) in [6, 6.07) is 20.2. The molecule has 2 saturated heterocycles. The van der Waals surface area contributed by atoms with Crippen LogP contribution in [0.1, 0.15) is 24.0 Å². The first kappa shape index (κ1) is 19.3. The smallest absolute Gasteiger partial charge is 0.416 e. The van der Waals surface area contributed by atoms with Gasteiger partial charge in [0.25, 0.3) is 0 Å². The molecule has 3 atom stereocenters. The zero-order chi connectivity index (χ0) is 20.5. The Hall–Kier alpha value is -2.66. The van der Waals surface area contributed by atoms with Gasteiger partial charge in [-0.2, -0.15) is 0 Å². The molecule has 0 bridgehead atoms. The number of likely N-dealkylation sites (tertiary alicyclic amines) is 1. The van der Waals surface area contributed by atoms with Gasteiger partial charge in [-0.15, -0.1) is 0 Å². The summed E-state index contributed by atoms with van der Waals surface area (Å²) < 4.78 is 5.32. The highest BCUT2D eigenvalue weighted by Gasteiger charge is 2.50. The lowest BCUT2D eigenvalue weighted by Gasteiger charge is -2.25. The van der Waals surface area contributed by atoms with E-state index in [9.17, 15) is 9.59 Å². The van der Waals surface area contributed by atoms with Gasteiger partial charge >= 0.3 is 6.09 Å². The molecule has 3 fully saturated rings. The van der Waals surface area contributed by atoms with Crippen LogP contribution in [0.3, 0.4) is 0 Å². The summed E-state index contributed by atoms with van der Waals surface area (Å²) in [6.45, 7) is 2.79. The summed E-state index contributed by atoms with van der Waals surface area (Å²) in [5, 5.41) is 0. The minimum atomic E-state index is -0.475. The number of amides is 2. The molecule has 156 valence electrons. The summed E-state index contributed by atoms with van der Waals surface area (Å²) in [7, 11) is 0. The van der Waals surface area contributed by atoms with E-state index in [-0.39, 0.29) is 24.5 Å². The molecule has 2 aromatic carbocycles. The first-order valence-corrected chi connectivity index (χ1v) is 11.0. The highest BCUT2D eigenvalue weighted by molar-refractivity contribution is 5.95. The van der Waals surface area contributed by atoms with E-state index >= 15 is 0 Å². The zero-order valence-electron chi connectivity index (χ0n) is 17.2. The van der Waals surface area contributed by atoms with E-state index in [0.717, 1.165) is 25.2 Å². The second-order valence-corrected chi connectivity index (χ2v) is 8.92. The van der Waals surface area contributed by atoms with Crippen molar-refractivity contribution in [2.75, 3.05) is 19.7 Å². The maximum Gasteiger partial charge on any atom is 0.416 e. The Morgan fingerprint density at radius 2 is 1.60 bits per heavy atom. The van der Waals surface area contributed by atoms with Crippen LogP contribution in [0.2, 0.25) is 0 Å². The van der Waals surface area contributed by atoms with Gasteiger partial charge in [0.05, 0.1) is 12.0 Å². The second-order valence-electron chi connectivity index (χ2n) is 8.92. The zero-order valence-corrected chi connectivity index (χ0v) is 17.2. The molecule has 2 aromatic rings. The standard InChI is InChI=1S/C25H28N2O3/c28-24(27-21(17-30-25(27)29)13-18-7-3-1-4-8-18)23-16-26(15-22(23)20-11-12-20)14-19-9-5-2-6-10-19/h1-10,20-23H,11-17H2/t21-,22-,23-/m1/s1. The van der Waals surface area contributed by atoms with E-state index in [2.05, 4.69) is 29.2 Å². The van der Waals surface area contributed by atoms with Gasteiger partial charge in [-0.1, -0.05) is 60.7 Å². The van der Waals surface area contributed by atoms with E-state index in [1.54, 1.807) is 0 Å². The van der Waals surface area contributed by atoms with Crippen molar-refractivity contribution in [2.24, 2.45) is 17.8 Å². The Balaban J connectivity index is 1.32. The predicted molar refractivity (Wildman–Crippen MR) is 114 cm³/mol. The SMILES string of the molecule is O=C1OC[C@@H](Cc2ccccc2)N1C(=O)[C@@H]1CN(Cc2ccccc2)C[C@@H]1C1CC1. The third kappa shape index (κ3) is 3.99. The first-order chi connectivity index (χ1) is 14.7. The molecule has 2 amide bonds. The van der Waals surface area contributed by atoms with Crippen LogP contribution >= 0.6 is 0 Å². The van der Waals surface area contributed by atoms with Crippen LogP contribution in [0.15, 0.2) is 60.7 Å². The quantitative estimate of drug-likeness (QED) is 0.736. The summed E-state index contributed by atoms with van der Waals surface area (Å²) >= 11 is 0. The molecule has 0 N–H and O–H groups in total. The third-order valence-corrected chi connectivity index (χ3v) is 6.75. The Kier molecular flexibility index (Phi) is 5.30. The summed E-state index contributed by atoms with van der Waals surface area (Å²) in [4.78, 5) is 29.9. The molecule has 0 aromatic heterocycles. The summed E-state index contributed by atoms with van der Waals surface area (Å²) in [5.41, 5.74) is 2.39. The van der Waals surface area contributed by atoms with Crippen LogP contribution in [0.25, 0.3) is 0 Å². The number of rotatable bonds is 6. The Morgan fingerprint density at radius 3 is 2.27 bits per heavy atom. The number of hydrogen-bond acceptors (Lipinski definition) is 4. The van der Waals surface area contributed by atoms with Crippen molar-refractivity contribution in [1.82, 2.24) is 9.80 Å². The van der Waals surface area contributed by atoms with Gasteiger partial charge in [-0.3, -0.25) is 9.69 Å². The number of hydrogen-bond donors (Lipinski definition) is 0. The highest BCUT2D eigenvalue weighted by atomic mass is 16.6.